The van der Waals surface area contributed by atoms with Crippen LogP contribution in [0.1, 0.15) is 150 Å². The lowest BCUT2D eigenvalue weighted by Gasteiger charge is -2.61. The first-order valence-electron chi connectivity index (χ1n) is 19.0. The second-order valence-corrected chi connectivity index (χ2v) is 16.7. The number of unbranched alkanes of at least 4 members (excludes halogenated alkanes) is 5. The zero-order chi connectivity index (χ0) is 30.2. The number of aliphatic hydroxyl groups excluding tert-OH is 1. The van der Waals surface area contributed by atoms with Crippen LogP contribution in [0.2, 0.25) is 0 Å². The van der Waals surface area contributed by atoms with E-state index in [0.29, 0.717) is 16.7 Å². The van der Waals surface area contributed by atoms with Gasteiger partial charge in [0.25, 0.3) is 0 Å². The quantitative estimate of drug-likeness (QED) is 0.122. The first-order valence-corrected chi connectivity index (χ1v) is 19.0. The van der Waals surface area contributed by atoms with Crippen molar-refractivity contribution in [3.8, 4) is 0 Å². The molecule has 4 aliphatic carbocycles. The number of aliphatic hydroxyl groups is 1. The van der Waals surface area contributed by atoms with Gasteiger partial charge in [0.05, 0.1) is 6.10 Å². The topological polar surface area (TPSA) is 70.3 Å². The molecule has 0 aromatic heterocycles. The second-order valence-electron chi connectivity index (χ2n) is 16.7. The van der Waals surface area contributed by atoms with Crippen LogP contribution in [0.25, 0.3) is 0 Å². The SMILES string of the molecule is CC(C)C(O)CC[C@@H](C)[C@H]1CCC2C3CC[C@@H]4C[C@@H](NCCCNCCCCCCCCN)CC[C@]4(C)C3CC[C@@]21C. The monoisotopic (exact) mass is 588 g/mol. The minimum absolute atomic E-state index is 0.124. The van der Waals surface area contributed by atoms with E-state index in [4.69, 9.17) is 5.73 Å². The summed E-state index contributed by atoms with van der Waals surface area (Å²) in [5, 5.41) is 18.1. The number of nitrogens with one attached hydrogen (secondary N) is 2. The molecule has 4 nitrogen and oxygen atoms in total. The zero-order valence-corrected chi connectivity index (χ0v) is 28.8. The Morgan fingerprint density at radius 3 is 2.19 bits per heavy atom. The van der Waals surface area contributed by atoms with Crippen molar-refractivity contribution < 1.29 is 5.11 Å². The molecule has 4 saturated carbocycles. The maximum absolute atomic E-state index is 10.5. The Kier molecular flexibility index (Phi) is 13.6. The lowest BCUT2D eigenvalue weighted by molar-refractivity contribution is -0.118. The van der Waals surface area contributed by atoms with E-state index < -0.39 is 0 Å². The highest BCUT2D eigenvalue weighted by Crippen LogP contribution is 2.68. The van der Waals surface area contributed by atoms with E-state index in [-0.39, 0.29) is 6.10 Å². The highest BCUT2D eigenvalue weighted by Gasteiger charge is 2.60. The summed E-state index contributed by atoms with van der Waals surface area (Å²) in [6.07, 6.45) is 24.4. The number of fused-ring (bicyclic) bond motifs is 5. The van der Waals surface area contributed by atoms with Crippen molar-refractivity contribution in [2.75, 3.05) is 26.2 Å². The van der Waals surface area contributed by atoms with Crippen LogP contribution in [0.5, 0.6) is 0 Å². The predicted octanol–water partition coefficient (Wildman–Crippen LogP) is 8.32. The molecule has 10 atom stereocenters. The largest absolute Gasteiger partial charge is 0.393 e. The number of rotatable bonds is 18. The molecule has 0 saturated heterocycles. The van der Waals surface area contributed by atoms with Gasteiger partial charge in [-0.15, -0.1) is 0 Å². The Morgan fingerprint density at radius 2 is 1.43 bits per heavy atom. The fourth-order valence-electron chi connectivity index (χ4n) is 11.1. The third kappa shape index (κ3) is 8.35. The molecular weight excluding hydrogens is 514 g/mol. The van der Waals surface area contributed by atoms with Gasteiger partial charge in [-0.3, -0.25) is 0 Å². The maximum Gasteiger partial charge on any atom is 0.0563 e. The summed E-state index contributed by atoms with van der Waals surface area (Å²) in [5.74, 6) is 5.85. The van der Waals surface area contributed by atoms with Gasteiger partial charge in [-0.1, -0.05) is 60.3 Å². The Hall–Kier alpha value is -0.160. The van der Waals surface area contributed by atoms with Crippen LogP contribution in [0.15, 0.2) is 0 Å². The molecule has 4 heteroatoms. The summed E-state index contributed by atoms with van der Waals surface area (Å²) in [7, 11) is 0. The van der Waals surface area contributed by atoms with Gasteiger partial charge in [0, 0.05) is 6.04 Å². The second kappa shape index (κ2) is 16.4. The van der Waals surface area contributed by atoms with E-state index in [0.717, 1.165) is 61.1 Å². The molecule has 4 unspecified atom stereocenters. The van der Waals surface area contributed by atoms with Crippen LogP contribution in [0, 0.1) is 52.3 Å². The van der Waals surface area contributed by atoms with Gasteiger partial charge in [-0.2, -0.15) is 0 Å². The molecule has 0 spiro atoms. The third-order valence-electron chi connectivity index (χ3n) is 13.9. The van der Waals surface area contributed by atoms with Crippen molar-refractivity contribution in [3.05, 3.63) is 0 Å². The van der Waals surface area contributed by atoms with E-state index in [1.165, 1.54) is 122 Å². The van der Waals surface area contributed by atoms with E-state index in [2.05, 4.69) is 45.3 Å². The van der Waals surface area contributed by atoms with E-state index in [1.54, 1.807) is 0 Å². The van der Waals surface area contributed by atoms with Crippen LogP contribution in [-0.4, -0.2) is 43.4 Å². The minimum atomic E-state index is -0.124. The zero-order valence-electron chi connectivity index (χ0n) is 28.8. The Bertz CT molecular complexity index is 773. The Labute approximate surface area is 261 Å². The average Bonchev–Trinajstić information content (AvgIpc) is 3.33. The standard InChI is InChI=1S/C38H73N3O/c1-28(2)36(42)18-13-29(3)33-16-17-34-32-15-14-30-27-31(19-21-37(30,4)35(32)20-22-38(33,34)5)41-26-12-25-40-24-11-9-7-6-8-10-23-39/h28-36,40-42H,6-27,39H2,1-5H3/t29-,30-,31+,32?,33-,34?,35?,36?,37+,38-/m1/s1. The predicted molar refractivity (Wildman–Crippen MR) is 180 cm³/mol. The smallest absolute Gasteiger partial charge is 0.0563 e. The average molecular weight is 588 g/mol. The summed E-state index contributed by atoms with van der Waals surface area (Å²) in [4.78, 5) is 0. The summed E-state index contributed by atoms with van der Waals surface area (Å²) in [6.45, 7) is 16.7. The molecule has 4 fully saturated rings. The molecule has 0 radical (unpaired) electrons. The summed E-state index contributed by atoms with van der Waals surface area (Å²) in [6, 6.07) is 0.750. The maximum atomic E-state index is 10.5. The first kappa shape index (κ1) is 34.7. The van der Waals surface area contributed by atoms with Crippen LogP contribution in [0.4, 0.5) is 0 Å². The van der Waals surface area contributed by atoms with Crippen LogP contribution in [-0.2, 0) is 0 Å². The highest BCUT2D eigenvalue weighted by atomic mass is 16.3. The van der Waals surface area contributed by atoms with Crippen molar-refractivity contribution >= 4 is 0 Å². The molecule has 0 amide bonds. The van der Waals surface area contributed by atoms with Gasteiger partial charge in [0.2, 0.25) is 0 Å². The van der Waals surface area contributed by atoms with Gasteiger partial charge in [-0.05, 0) is 168 Å². The molecular formula is C38H73N3O. The normalized spacial score (nSPS) is 37.7. The molecule has 0 aliphatic heterocycles. The number of hydrogen-bond acceptors (Lipinski definition) is 4. The lowest BCUT2D eigenvalue weighted by Crippen LogP contribution is -2.55. The Balaban J connectivity index is 1.17. The fourth-order valence-corrected chi connectivity index (χ4v) is 11.1. The van der Waals surface area contributed by atoms with Crippen LogP contribution in [0.3, 0.4) is 0 Å². The van der Waals surface area contributed by atoms with Crippen molar-refractivity contribution in [2.45, 2.75) is 162 Å². The molecule has 0 aromatic rings. The molecule has 246 valence electrons. The van der Waals surface area contributed by atoms with Crippen LogP contribution >= 0.6 is 0 Å². The summed E-state index contributed by atoms with van der Waals surface area (Å²) in [5.41, 5.74) is 6.71. The fraction of sp³-hybridized carbons (Fsp3) is 1.00. The van der Waals surface area contributed by atoms with Gasteiger partial charge >= 0.3 is 0 Å². The van der Waals surface area contributed by atoms with Crippen molar-refractivity contribution in [3.63, 3.8) is 0 Å². The molecule has 0 aromatic carbocycles. The van der Waals surface area contributed by atoms with Gasteiger partial charge in [0.1, 0.15) is 0 Å². The molecule has 4 rings (SSSR count). The molecule has 5 N–H and O–H groups in total. The summed E-state index contributed by atoms with van der Waals surface area (Å²) >= 11 is 0. The highest BCUT2D eigenvalue weighted by molar-refractivity contribution is 5.10. The van der Waals surface area contributed by atoms with Crippen molar-refractivity contribution in [1.29, 1.82) is 0 Å². The number of hydrogen-bond donors (Lipinski definition) is 4. The summed E-state index contributed by atoms with van der Waals surface area (Å²) < 4.78 is 0. The van der Waals surface area contributed by atoms with Crippen LogP contribution < -0.4 is 16.4 Å². The number of nitrogens with two attached hydrogens (primary N) is 1. The van der Waals surface area contributed by atoms with E-state index in [1.807, 2.05) is 0 Å². The van der Waals surface area contributed by atoms with Gasteiger partial charge in [0.15, 0.2) is 0 Å². The molecule has 0 bridgehead atoms. The third-order valence-corrected chi connectivity index (χ3v) is 13.9. The van der Waals surface area contributed by atoms with Gasteiger partial charge in [-0.25, -0.2) is 0 Å². The first-order chi connectivity index (χ1) is 20.2. The molecule has 42 heavy (non-hydrogen) atoms. The van der Waals surface area contributed by atoms with E-state index in [9.17, 15) is 5.11 Å². The molecule has 0 heterocycles. The minimum Gasteiger partial charge on any atom is -0.393 e. The van der Waals surface area contributed by atoms with Gasteiger partial charge < -0.3 is 21.5 Å². The Morgan fingerprint density at radius 1 is 0.738 bits per heavy atom. The van der Waals surface area contributed by atoms with Crippen molar-refractivity contribution in [1.82, 2.24) is 10.6 Å². The van der Waals surface area contributed by atoms with Crippen molar-refractivity contribution in [2.24, 2.45) is 58.0 Å². The lowest BCUT2D eigenvalue weighted by atomic mass is 9.44. The molecule has 4 aliphatic rings. The van der Waals surface area contributed by atoms with E-state index >= 15 is 0 Å².